The molecular weight excluding hydrogens is 894 g/mol. The third kappa shape index (κ3) is 53.8. The number of esters is 2. The molecule has 0 heterocycles. The van der Waals surface area contributed by atoms with Crippen LogP contribution in [0.3, 0.4) is 0 Å². The summed E-state index contributed by atoms with van der Waals surface area (Å²) >= 11 is 0. The summed E-state index contributed by atoms with van der Waals surface area (Å²) in [5, 5.41) is 0. The summed E-state index contributed by atoms with van der Waals surface area (Å²) in [6.45, 7) is 4.15. The molecule has 0 spiro atoms. The fourth-order valence-corrected chi connectivity index (χ4v) is 7.57. The predicted molar refractivity (Wildman–Crippen MR) is 297 cm³/mol. The molecule has 0 aliphatic carbocycles. The molecule has 10 heteroatoms. The molecular formula is C60H101NO8P+. The Kier molecular flexibility index (Phi) is 47.8. The van der Waals surface area contributed by atoms with Gasteiger partial charge in [-0.05, 0) is 103 Å². The van der Waals surface area contributed by atoms with E-state index in [1.54, 1.807) is 0 Å². The lowest BCUT2D eigenvalue weighted by Gasteiger charge is -2.24. The summed E-state index contributed by atoms with van der Waals surface area (Å²) in [6, 6.07) is 0. The Bertz CT molecular complexity index is 1590. The average Bonchev–Trinajstić information content (AvgIpc) is 3.32. The van der Waals surface area contributed by atoms with Gasteiger partial charge in [0.25, 0.3) is 0 Å². The van der Waals surface area contributed by atoms with E-state index in [1.165, 1.54) is 38.5 Å². The van der Waals surface area contributed by atoms with Crippen LogP contribution in [0, 0.1) is 0 Å². The quantitative estimate of drug-likeness (QED) is 0.0211. The van der Waals surface area contributed by atoms with E-state index in [4.69, 9.17) is 18.5 Å². The number of hydrogen-bond acceptors (Lipinski definition) is 7. The van der Waals surface area contributed by atoms with Crippen molar-refractivity contribution in [2.75, 3.05) is 47.5 Å². The van der Waals surface area contributed by atoms with Crippen molar-refractivity contribution in [2.24, 2.45) is 0 Å². The number of likely N-dealkylation sites (N-methyl/N-ethyl adjacent to an activating group) is 1. The molecule has 0 aliphatic heterocycles. The van der Waals surface area contributed by atoms with Crippen molar-refractivity contribution in [3.05, 3.63) is 122 Å². The van der Waals surface area contributed by atoms with Crippen molar-refractivity contribution in [2.45, 2.75) is 200 Å². The van der Waals surface area contributed by atoms with Crippen LogP contribution in [0.1, 0.15) is 194 Å². The van der Waals surface area contributed by atoms with Crippen LogP contribution in [0.2, 0.25) is 0 Å². The van der Waals surface area contributed by atoms with E-state index in [9.17, 15) is 19.0 Å². The molecule has 0 saturated heterocycles. The molecule has 0 aromatic heterocycles. The molecule has 1 N–H and O–H groups in total. The number of carbonyl (C=O) groups is 2. The monoisotopic (exact) mass is 995 g/mol. The van der Waals surface area contributed by atoms with E-state index < -0.39 is 26.5 Å². The summed E-state index contributed by atoms with van der Waals surface area (Å²) < 4.78 is 34.5. The van der Waals surface area contributed by atoms with Gasteiger partial charge < -0.3 is 18.9 Å². The number of carbonyl (C=O) groups excluding carboxylic acids is 2. The fraction of sp³-hybridized carbons (Fsp3) is 0.633. The van der Waals surface area contributed by atoms with Crippen LogP contribution in [0.5, 0.6) is 0 Å². The maximum absolute atomic E-state index is 12.8. The third-order valence-corrected chi connectivity index (χ3v) is 12.0. The maximum Gasteiger partial charge on any atom is 0.472 e. The van der Waals surface area contributed by atoms with E-state index in [-0.39, 0.29) is 32.0 Å². The molecule has 0 aromatic rings. The highest BCUT2D eigenvalue weighted by Gasteiger charge is 2.27. The van der Waals surface area contributed by atoms with E-state index in [0.29, 0.717) is 17.4 Å². The number of unbranched alkanes of at least 4 members (excludes halogenated alkanes) is 14. The van der Waals surface area contributed by atoms with E-state index >= 15 is 0 Å². The Morgan fingerprint density at radius 2 is 0.771 bits per heavy atom. The normalized spacial score (nSPS) is 14.3. The van der Waals surface area contributed by atoms with Crippen LogP contribution in [0.15, 0.2) is 122 Å². The Morgan fingerprint density at radius 3 is 1.14 bits per heavy atom. The lowest BCUT2D eigenvalue weighted by atomic mass is 10.1. The Morgan fingerprint density at radius 1 is 0.443 bits per heavy atom. The van der Waals surface area contributed by atoms with Crippen LogP contribution in [-0.2, 0) is 32.7 Å². The smallest absolute Gasteiger partial charge is 0.462 e. The molecule has 0 fully saturated rings. The molecule has 0 bridgehead atoms. The van der Waals surface area contributed by atoms with Crippen molar-refractivity contribution < 1.29 is 42.1 Å². The van der Waals surface area contributed by atoms with Crippen LogP contribution in [-0.4, -0.2) is 74.9 Å². The fourth-order valence-electron chi connectivity index (χ4n) is 6.83. The molecule has 0 aliphatic rings. The van der Waals surface area contributed by atoms with Crippen LogP contribution in [0.4, 0.5) is 0 Å². The molecule has 0 radical (unpaired) electrons. The van der Waals surface area contributed by atoms with Gasteiger partial charge in [0, 0.05) is 12.8 Å². The summed E-state index contributed by atoms with van der Waals surface area (Å²) in [5.41, 5.74) is 0. The number of phosphoric ester groups is 1. The van der Waals surface area contributed by atoms with Gasteiger partial charge in [0.2, 0.25) is 0 Å². The predicted octanol–water partition coefficient (Wildman–Crippen LogP) is 16.8. The molecule has 2 unspecified atom stereocenters. The van der Waals surface area contributed by atoms with Gasteiger partial charge in [-0.25, -0.2) is 4.57 Å². The van der Waals surface area contributed by atoms with Crippen molar-refractivity contribution in [1.82, 2.24) is 0 Å². The minimum atomic E-state index is -4.40. The Balaban J connectivity index is 4.31. The number of quaternary nitrogens is 1. The molecule has 9 nitrogen and oxygen atoms in total. The van der Waals surface area contributed by atoms with Crippen LogP contribution < -0.4 is 0 Å². The van der Waals surface area contributed by atoms with E-state index in [2.05, 4.69) is 135 Å². The van der Waals surface area contributed by atoms with Gasteiger partial charge in [-0.2, -0.15) is 0 Å². The first kappa shape index (κ1) is 66.4. The van der Waals surface area contributed by atoms with Gasteiger partial charge in [0.05, 0.1) is 27.7 Å². The van der Waals surface area contributed by atoms with E-state index in [0.717, 1.165) is 122 Å². The van der Waals surface area contributed by atoms with Gasteiger partial charge >= 0.3 is 19.8 Å². The van der Waals surface area contributed by atoms with Gasteiger partial charge in [-0.1, -0.05) is 200 Å². The molecule has 0 saturated carbocycles. The summed E-state index contributed by atoms with van der Waals surface area (Å²) in [5.74, 6) is -0.841. The number of ether oxygens (including phenoxy) is 2. The zero-order valence-corrected chi connectivity index (χ0v) is 45.8. The highest BCUT2D eigenvalue weighted by Crippen LogP contribution is 2.43. The molecule has 398 valence electrons. The van der Waals surface area contributed by atoms with Gasteiger partial charge in [0.1, 0.15) is 19.8 Å². The highest BCUT2D eigenvalue weighted by atomic mass is 31.2. The minimum absolute atomic E-state index is 0.0184. The standard InChI is InChI=1S/C60H100NO8P/c1-6-8-10-12-14-16-18-20-22-24-26-28-30-32-34-36-38-40-42-44-46-48-50-52-59(62)66-56-58(57-68-70(64,65)67-55-54-61(3,4)5)69-60(63)53-51-49-47-45-43-41-39-37-35-33-31-29-27-25-23-21-19-17-15-13-11-9-7-2/h8-11,14-17,20-23,26-29,33,35,39,41,58H,6-7,12-13,18-19,24-25,30-32,34,36-38,40,42-57H2,1-5H3/p+1/b10-8-,11-9-,16-14-,17-15-,22-20-,23-21-,28-26-,29-27-,35-33-,41-39-. The van der Waals surface area contributed by atoms with Gasteiger partial charge in [-0.15, -0.1) is 0 Å². The van der Waals surface area contributed by atoms with Crippen molar-refractivity contribution in [1.29, 1.82) is 0 Å². The number of hydrogen-bond donors (Lipinski definition) is 1. The zero-order valence-electron chi connectivity index (χ0n) is 45.0. The zero-order chi connectivity index (χ0) is 51.3. The van der Waals surface area contributed by atoms with Crippen LogP contribution >= 0.6 is 7.82 Å². The molecule has 2 atom stereocenters. The summed E-state index contributed by atoms with van der Waals surface area (Å²) in [6.07, 6.45) is 71.1. The third-order valence-electron chi connectivity index (χ3n) is 11.0. The topological polar surface area (TPSA) is 108 Å². The van der Waals surface area contributed by atoms with Crippen molar-refractivity contribution >= 4 is 19.8 Å². The lowest BCUT2D eigenvalue weighted by molar-refractivity contribution is -0.870. The number of rotatable bonds is 48. The molecule has 0 rings (SSSR count). The molecule has 70 heavy (non-hydrogen) atoms. The Hall–Kier alpha value is -3.59. The largest absolute Gasteiger partial charge is 0.472 e. The molecule has 0 aromatic carbocycles. The van der Waals surface area contributed by atoms with Crippen LogP contribution in [0.25, 0.3) is 0 Å². The summed E-state index contributed by atoms with van der Waals surface area (Å²) in [4.78, 5) is 35.6. The first-order valence-electron chi connectivity index (χ1n) is 27.3. The lowest BCUT2D eigenvalue weighted by Crippen LogP contribution is -2.37. The minimum Gasteiger partial charge on any atom is -0.462 e. The number of allylic oxidation sites excluding steroid dienone is 20. The first-order chi connectivity index (χ1) is 34.0. The maximum atomic E-state index is 12.8. The van der Waals surface area contributed by atoms with E-state index in [1.807, 2.05) is 21.1 Å². The Labute approximate surface area is 428 Å². The summed E-state index contributed by atoms with van der Waals surface area (Å²) in [7, 11) is 1.44. The van der Waals surface area contributed by atoms with Crippen molar-refractivity contribution in [3.8, 4) is 0 Å². The average molecular weight is 995 g/mol. The molecule has 0 amide bonds. The number of nitrogens with zero attached hydrogens (tertiary/aromatic N) is 1. The first-order valence-corrected chi connectivity index (χ1v) is 28.8. The second kappa shape index (κ2) is 50.4. The number of phosphoric acid groups is 1. The second-order valence-electron chi connectivity index (χ2n) is 18.8. The SMILES string of the molecule is CC/C=C\C/C=C\C/C=C\C/C=C\C/C=C\C/C=C\CCCCCCC(=O)OC(COC(=O)CCCCCCCCCCCC/C=C\C/C=C\C/C=C\C/C=C\CC)COP(=O)(O)OCC[N+](C)(C)C. The van der Waals surface area contributed by atoms with Gasteiger partial charge in [0.15, 0.2) is 6.10 Å². The van der Waals surface area contributed by atoms with Gasteiger partial charge in [-0.3, -0.25) is 18.6 Å². The highest BCUT2D eigenvalue weighted by molar-refractivity contribution is 7.47. The van der Waals surface area contributed by atoms with Crippen molar-refractivity contribution in [3.63, 3.8) is 0 Å². The second-order valence-corrected chi connectivity index (χ2v) is 20.3.